The van der Waals surface area contributed by atoms with Crippen LogP contribution in [0.25, 0.3) is 0 Å². The van der Waals surface area contributed by atoms with Crippen LogP contribution in [0, 0.1) is 5.41 Å². The Labute approximate surface area is 124 Å². The second kappa shape index (κ2) is 6.46. The second-order valence-corrected chi connectivity index (χ2v) is 5.62. The second-order valence-electron chi connectivity index (χ2n) is 5.22. The van der Waals surface area contributed by atoms with Gasteiger partial charge in [0.1, 0.15) is 5.75 Å². The maximum absolute atomic E-state index is 12.6. The SMILES string of the molecule is CCC1(C(=O)Nc2ccc(OC)c(Cl)c2)CCCNC1. The number of hydrogen-bond acceptors (Lipinski definition) is 3. The van der Waals surface area contributed by atoms with Crippen molar-refractivity contribution in [3.05, 3.63) is 23.2 Å². The molecule has 2 rings (SSSR count). The van der Waals surface area contributed by atoms with Gasteiger partial charge in [-0.3, -0.25) is 4.79 Å². The molecule has 1 fully saturated rings. The van der Waals surface area contributed by atoms with Gasteiger partial charge in [0.2, 0.25) is 5.91 Å². The number of amides is 1. The lowest BCUT2D eigenvalue weighted by atomic mass is 9.77. The molecule has 1 aromatic rings. The van der Waals surface area contributed by atoms with Crippen LogP contribution >= 0.6 is 11.6 Å². The lowest BCUT2D eigenvalue weighted by Gasteiger charge is -2.35. The van der Waals surface area contributed by atoms with E-state index in [1.54, 1.807) is 19.2 Å². The smallest absolute Gasteiger partial charge is 0.231 e. The van der Waals surface area contributed by atoms with Crippen LogP contribution in [0.1, 0.15) is 26.2 Å². The first-order chi connectivity index (χ1) is 9.61. The number of piperidine rings is 1. The van der Waals surface area contributed by atoms with Crippen molar-refractivity contribution < 1.29 is 9.53 Å². The maximum atomic E-state index is 12.6. The Morgan fingerprint density at radius 2 is 2.35 bits per heavy atom. The molecule has 1 unspecified atom stereocenters. The highest BCUT2D eigenvalue weighted by molar-refractivity contribution is 6.32. The molecule has 1 aliphatic rings. The number of benzene rings is 1. The van der Waals surface area contributed by atoms with E-state index in [-0.39, 0.29) is 11.3 Å². The molecule has 110 valence electrons. The zero-order chi connectivity index (χ0) is 14.6. The van der Waals surface area contributed by atoms with Crippen molar-refractivity contribution in [1.82, 2.24) is 5.32 Å². The number of rotatable bonds is 4. The summed E-state index contributed by atoms with van der Waals surface area (Å²) in [5, 5.41) is 6.79. The number of carbonyl (C=O) groups excluding carboxylic acids is 1. The average molecular weight is 297 g/mol. The molecule has 20 heavy (non-hydrogen) atoms. The van der Waals surface area contributed by atoms with Crippen LogP contribution in [0.5, 0.6) is 5.75 Å². The van der Waals surface area contributed by atoms with Gasteiger partial charge in [-0.25, -0.2) is 0 Å². The van der Waals surface area contributed by atoms with E-state index in [0.717, 1.165) is 32.4 Å². The standard InChI is InChI=1S/C15H21ClN2O2/c1-3-15(7-4-8-17-10-15)14(19)18-11-5-6-13(20-2)12(16)9-11/h5-6,9,17H,3-4,7-8,10H2,1-2H3,(H,18,19). The first-order valence-electron chi connectivity index (χ1n) is 6.97. The molecule has 0 spiro atoms. The molecule has 4 nitrogen and oxygen atoms in total. The quantitative estimate of drug-likeness (QED) is 0.898. The van der Waals surface area contributed by atoms with Crippen molar-refractivity contribution in [2.24, 2.45) is 5.41 Å². The van der Waals surface area contributed by atoms with Crippen LogP contribution in [-0.4, -0.2) is 26.1 Å². The summed E-state index contributed by atoms with van der Waals surface area (Å²) < 4.78 is 5.11. The molecular formula is C15H21ClN2O2. The number of methoxy groups -OCH3 is 1. The van der Waals surface area contributed by atoms with E-state index >= 15 is 0 Å². The lowest BCUT2D eigenvalue weighted by molar-refractivity contribution is -0.126. The Bertz CT molecular complexity index is 485. The van der Waals surface area contributed by atoms with E-state index in [4.69, 9.17) is 16.3 Å². The van der Waals surface area contributed by atoms with Gasteiger partial charge < -0.3 is 15.4 Å². The van der Waals surface area contributed by atoms with E-state index in [0.29, 0.717) is 16.5 Å². The summed E-state index contributed by atoms with van der Waals surface area (Å²) in [7, 11) is 1.57. The van der Waals surface area contributed by atoms with Crippen LogP contribution in [0.4, 0.5) is 5.69 Å². The van der Waals surface area contributed by atoms with Crippen molar-refractivity contribution >= 4 is 23.2 Å². The fourth-order valence-electron chi connectivity index (χ4n) is 2.63. The zero-order valence-corrected chi connectivity index (χ0v) is 12.7. The number of nitrogens with one attached hydrogen (secondary N) is 2. The molecule has 0 radical (unpaired) electrons. The van der Waals surface area contributed by atoms with Crippen molar-refractivity contribution in [3.8, 4) is 5.75 Å². The highest BCUT2D eigenvalue weighted by atomic mass is 35.5. The lowest BCUT2D eigenvalue weighted by Crippen LogP contribution is -2.47. The van der Waals surface area contributed by atoms with Gasteiger partial charge in [-0.2, -0.15) is 0 Å². The number of halogens is 1. The molecule has 0 aromatic heterocycles. The summed E-state index contributed by atoms with van der Waals surface area (Å²) in [5.74, 6) is 0.669. The topological polar surface area (TPSA) is 50.4 Å². The Balaban J connectivity index is 2.12. The molecule has 2 N–H and O–H groups in total. The number of carbonyl (C=O) groups is 1. The van der Waals surface area contributed by atoms with Gasteiger partial charge in [-0.1, -0.05) is 18.5 Å². The molecule has 0 aliphatic carbocycles. The summed E-state index contributed by atoms with van der Waals surface area (Å²) in [6.07, 6.45) is 2.78. The van der Waals surface area contributed by atoms with Gasteiger partial charge >= 0.3 is 0 Å². The van der Waals surface area contributed by atoms with Crippen LogP contribution in [0.2, 0.25) is 5.02 Å². The van der Waals surface area contributed by atoms with Crippen molar-refractivity contribution in [3.63, 3.8) is 0 Å². The van der Waals surface area contributed by atoms with E-state index in [9.17, 15) is 4.79 Å². The molecule has 1 atom stereocenters. The first-order valence-corrected chi connectivity index (χ1v) is 7.35. The average Bonchev–Trinajstić information content (AvgIpc) is 2.48. The third kappa shape index (κ3) is 3.07. The highest BCUT2D eigenvalue weighted by Gasteiger charge is 2.37. The Morgan fingerprint density at radius 3 is 2.90 bits per heavy atom. The van der Waals surface area contributed by atoms with E-state index in [1.165, 1.54) is 0 Å². The monoisotopic (exact) mass is 296 g/mol. The molecule has 1 amide bonds. The molecule has 1 aliphatic heterocycles. The van der Waals surface area contributed by atoms with Crippen molar-refractivity contribution in [1.29, 1.82) is 0 Å². The summed E-state index contributed by atoms with van der Waals surface area (Å²) in [4.78, 5) is 12.6. The molecule has 1 saturated heterocycles. The molecule has 0 saturated carbocycles. The van der Waals surface area contributed by atoms with E-state index in [2.05, 4.69) is 17.6 Å². The number of hydrogen-bond donors (Lipinski definition) is 2. The minimum absolute atomic E-state index is 0.0634. The summed E-state index contributed by atoms with van der Waals surface area (Å²) in [6.45, 7) is 3.79. The van der Waals surface area contributed by atoms with Gasteiger partial charge in [-0.05, 0) is 44.0 Å². The van der Waals surface area contributed by atoms with Gasteiger partial charge in [-0.15, -0.1) is 0 Å². The zero-order valence-electron chi connectivity index (χ0n) is 12.0. The largest absolute Gasteiger partial charge is 0.495 e. The Morgan fingerprint density at radius 1 is 1.55 bits per heavy atom. The van der Waals surface area contributed by atoms with E-state index in [1.807, 2.05) is 6.07 Å². The number of ether oxygens (including phenoxy) is 1. The predicted molar refractivity (Wildman–Crippen MR) is 81.5 cm³/mol. The molecule has 0 bridgehead atoms. The van der Waals surface area contributed by atoms with Crippen molar-refractivity contribution in [2.75, 3.05) is 25.5 Å². The Kier molecular flexibility index (Phi) is 4.89. The van der Waals surface area contributed by atoms with Crippen molar-refractivity contribution in [2.45, 2.75) is 26.2 Å². The van der Waals surface area contributed by atoms with Crippen LogP contribution in [0.3, 0.4) is 0 Å². The molecule has 5 heteroatoms. The van der Waals surface area contributed by atoms with Crippen LogP contribution < -0.4 is 15.4 Å². The number of anilines is 1. The molecule has 1 aromatic carbocycles. The minimum Gasteiger partial charge on any atom is -0.495 e. The fourth-order valence-corrected chi connectivity index (χ4v) is 2.89. The predicted octanol–water partition coefficient (Wildman–Crippen LogP) is 3.07. The maximum Gasteiger partial charge on any atom is 0.231 e. The van der Waals surface area contributed by atoms with E-state index < -0.39 is 0 Å². The Hall–Kier alpha value is -1.26. The molecular weight excluding hydrogens is 276 g/mol. The third-order valence-electron chi connectivity index (χ3n) is 4.04. The normalized spacial score (nSPS) is 22.4. The van der Waals surface area contributed by atoms with Gasteiger partial charge in [0, 0.05) is 12.2 Å². The molecule has 1 heterocycles. The van der Waals surface area contributed by atoms with Gasteiger partial charge in [0.05, 0.1) is 17.5 Å². The first kappa shape index (κ1) is 15.1. The van der Waals surface area contributed by atoms with Crippen LogP contribution in [0.15, 0.2) is 18.2 Å². The summed E-state index contributed by atoms with van der Waals surface area (Å²) in [5.41, 5.74) is 0.393. The van der Waals surface area contributed by atoms with Gasteiger partial charge in [0.25, 0.3) is 0 Å². The minimum atomic E-state index is -0.315. The third-order valence-corrected chi connectivity index (χ3v) is 4.34. The summed E-state index contributed by atoms with van der Waals surface area (Å²) >= 11 is 6.08. The van der Waals surface area contributed by atoms with Gasteiger partial charge in [0.15, 0.2) is 0 Å². The summed E-state index contributed by atoms with van der Waals surface area (Å²) in [6, 6.07) is 5.29. The highest BCUT2D eigenvalue weighted by Crippen LogP contribution is 2.33. The fraction of sp³-hybridized carbons (Fsp3) is 0.533. The van der Waals surface area contributed by atoms with Crippen LogP contribution in [-0.2, 0) is 4.79 Å².